The van der Waals surface area contributed by atoms with Crippen molar-refractivity contribution in [3.63, 3.8) is 0 Å². The van der Waals surface area contributed by atoms with Crippen molar-refractivity contribution in [2.75, 3.05) is 24.6 Å². The van der Waals surface area contributed by atoms with Crippen LogP contribution in [0.25, 0.3) is 0 Å². The van der Waals surface area contributed by atoms with Gasteiger partial charge in [-0.2, -0.15) is 0 Å². The van der Waals surface area contributed by atoms with Gasteiger partial charge in [-0.3, -0.25) is 29.4 Å². The van der Waals surface area contributed by atoms with Gasteiger partial charge in [0.2, 0.25) is 11.8 Å². The van der Waals surface area contributed by atoms with Gasteiger partial charge >= 0.3 is 12.1 Å². The number of ether oxygens (including phenoxy) is 2. The highest BCUT2D eigenvalue weighted by Gasteiger charge is 2.76. The summed E-state index contributed by atoms with van der Waals surface area (Å²) < 4.78 is 12.4. The maximum absolute atomic E-state index is 16.4. The summed E-state index contributed by atoms with van der Waals surface area (Å²) in [6, 6.07) is 32.2. The molecule has 4 heterocycles. The number of benzene rings is 5. The number of nitro groups is 1. The fraction of sp³-hybridized carbons (Fsp3) is 0.308. The van der Waals surface area contributed by atoms with Crippen LogP contribution < -0.4 is 4.90 Å². The topological polar surface area (TPSA) is 180 Å². The van der Waals surface area contributed by atoms with Crippen molar-refractivity contribution in [2.24, 2.45) is 5.92 Å². The average Bonchev–Trinajstić information content (AvgIpc) is 3.77. The summed E-state index contributed by atoms with van der Waals surface area (Å²) in [4.78, 5) is 78.0. The number of aliphatic hydroxyl groups excluding tert-OH is 1. The van der Waals surface area contributed by atoms with E-state index in [0.29, 0.717) is 48.2 Å². The summed E-state index contributed by atoms with van der Waals surface area (Å²) in [5.74, 6) is 2.56. The SMILES string of the molecule is O=C1OC(c2ccccc2)C(c2ccccc2)N2C1C(C(=O)N1CCCCCCC1)C1(C(=O)N(C(=O)OCc3ccc([N+](=O)[O-])cc3)c3ccc(C#CCCO)cc31)C2c1ccc(O)cc1. The maximum Gasteiger partial charge on any atom is 0.421 e. The number of rotatable bonds is 8. The smallest absolute Gasteiger partial charge is 0.421 e. The van der Waals surface area contributed by atoms with Gasteiger partial charge in [-0.15, -0.1) is 0 Å². The molecule has 4 aliphatic rings. The van der Waals surface area contributed by atoms with Crippen LogP contribution in [-0.4, -0.2) is 74.6 Å². The number of fused-ring (bicyclic) bond motifs is 3. The monoisotopic (exact) mass is 888 g/mol. The number of nitrogens with zero attached hydrogens (tertiary/aromatic N) is 4. The second kappa shape index (κ2) is 18.6. The molecule has 0 saturated carbocycles. The summed E-state index contributed by atoms with van der Waals surface area (Å²) >= 11 is 0. The van der Waals surface area contributed by atoms with E-state index in [0.717, 1.165) is 29.7 Å². The minimum Gasteiger partial charge on any atom is -0.508 e. The van der Waals surface area contributed by atoms with Crippen LogP contribution in [0.4, 0.5) is 16.2 Å². The number of hydrogen-bond donors (Lipinski definition) is 2. The summed E-state index contributed by atoms with van der Waals surface area (Å²) in [5.41, 5.74) is 0.993. The van der Waals surface area contributed by atoms with Crippen molar-refractivity contribution in [3.05, 3.63) is 171 Å². The van der Waals surface area contributed by atoms with Gasteiger partial charge in [0.25, 0.3) is 5.69 Å². The van der Waals surface area contributed by atoms with Crippen LogP contribution in [0.3, 0.4) is 0 Å². The number of hydrogen-bond acceptors (Lipinski definition) is 11. The van der Waals surface area contributed by atoms with Crippen LogP contribution in [0, 0.1) is 27.9 Å². The first kappa shape index (κ1) is 43.9. The number of non-ortho nitro benzene ring substituents is 1. The van der Waals surface area contributed by atoms with Crippen LogP contribution in [-0.2, 0) is 35.9 Å². The standard InChI is InChI=1S/C52H48N4O10/c57-31-13-10-14-34-21-28-42-41(32-34)52(50(61)54(42)51(62)65-33-35-19-24-39(25-20-35)56(63)64)43(48(59)53-29-11-2-1-3-12-30-53)45-49(60)66-46(37-17-8-5-9-18-37)44(36-15-6-4-7-16-36)55(45)47(52)38-22-26-40(58)27-23-38/h4-9,15-28,32,43-47,57-58H,1-3,11-13,29-31,33H2. The highest BCUT2D eigenvalue weighted by atomic mass is 16.6. The van der Waals surface area contributed by atoms with Gasteiger partial charge in [-0.1, -0.05) is 104 Å². The summed E-state index contributed by atoms with van der Waals surface area (Å²) in [6.07, 6.45) is 2.42. The highest BCUT2D eigenvalue weighted by Crippen LogP contribution is 2.66. The zero-order valence-electron chi connectivity index (χ0n) is 36.0. The zero-order valence-corrected chi connectivity index (χ0v) is 36.0. The van der Waals surface area contributed by atoms with Crippen molar-refractivity contribution in [1.82, 2.24) is 9.80 Å². The number of imide groups is 1. The molecule has 6 atom stereocenters. The molecule has 3 saturated heterocycles. The Morgan fingerprint density at radius 2 is 1.45 bits per heavy atom. The average molecular weight is 889 g/mol. The Balaban J connectivity index is 1.31. The lowest BCUT2D eigenvalue weighted by atomic mass is 9.64. The number of aliphatic hydroxyl groups is 1. The first-order chi connectivity index (χ1) is 32.1. The second-order valence-corrected chi connectivity index (χ2v) is 17.1. The Labute approximate surface area is 381 Å². The minimum atomic E-state index is -2.03. The van der Waals surface area contributed by atoms with Crippen molar-refractivity contribution < 1.29 is 43.8 Å². The van der Waals surface area contributed by atoms with Crippen molar-refractivity contribution >= 4 is 35.3 Å². The van der Waals surface area contributed by atoms with Gasteiger partial charge in [0.05, 0.1) is 35.2 Å². The molecule has 0 aliphatic carbocycles. The summed E-state index contributed by atoms with van der Waals surface area (Å²) in [7, 11) is 0. The van der Waals surface area contributed by atoms with Gasteiger partial charge in [-0.05, 0) is 83.1 Å². The van der Waals surface area contributed by atoms with E-state index < -0.39 is 64.4 Å². The molecule has 3 amide bonds. The second-order valence-electron chi connectivity index (χ2n) is 17.1. The number of cyclic esters (lactones) is 1. The number of amides is 3. The Morgan fingerprint density at radius 1 is 0.803 bits per heavy atom. The van der Waals surface area contributed by atoms with Crippen molar-refractivity contribution in [2.45, 2.75) is 74.8 Å². The third-order valence-corrected chi connectivity index (χ3v) is 13.3. The van der Waals surface area contributed by atoms with E-state index in [-0.39, 0.29) is 42.3 Å². The molecular weight excluding hydrogens is 841 g/mol. The van der Waals surface area contributed by atoms with Crippen LogP contribution in [0.15, 0.2) is 127 Å². The number of morpholine rings is 1. The molecule has 5 aromatic rings. The van der Waals surface area contributed by atoms with Crippen LogP contribution in [0.1, 0.15) is 90.1 Å². The number of nitro benzene ring substituents is 1. The molecular formula is C52H48N4O10. The van der Waals surface area contributed by atoms with Crippen molar-refractivity contribution in [3.8, 4) is 17.6 Å². The number of carbonyl (C=O) groups excluding carboxylic acids is 4. The van der Waals surface area contributed by atoms with E-state index in [2.05, 4.69) is 11.8 Å². The molecule has 4 aliphatic heterocycles. The van der Waals surface area contributed by atoms with E-state index in [9.17, 15) is 25.1 Å². The number of esters is 1. The largest absolute Gasteiger partial charge is 0.508 e. The third-order valence-electron chi connectivity index (χ3n) is 13.3. The molecule has 14 heteroatoms. The third kappa shape index (κ3) is 7.84. The molecule has 0 radical (unpaired) electrons. The predicted octanol–water partition coefficient (Wildman–Crippen LogP) is 7.83. The number of phenols is 1. The molecule has 0 bridgehead atoms. The maximum atomic E-state index is 16.4. The minimum absolute atomic E-state index is 0.0496. The first-order valence-corrected chi connectivity index (χ1v) is 22.3. The molecule has 5 aromatic carbocycles. The molecule has 14 nitrogen and oxygen atoms in total. The van der Waals surface area contributed by atoms with Gasteiger partial charge in [0.15, 0.2) is 0 Å². The number of likely N-dealkylation sites (tertiary alicyclic amines) is 1. The van der Waals surface area contributed by atoms with Gasteiger partial charge in [-0.25, -0.2) is 9.69 Å². The molecule has 0 aromatic heterocycles. The molecule has 9 rings (SSSR count). The van der Waals surface area contributed by atoms with E-state index in [1.807, 2.05) is 65.6 Å². The van der Waals surface area contributed by atoms with Crippen LogP contribution in [0.5, 0.6) is 5.75 Å². The number of carbonyl (C=O) groups is 4. The molecule has 2 N–H and O–H groups in total. The Kier molecular flexibility index (Phi) is 12.4. The lowest BCUT2D eigenvalue weighted by molar-refractivity contribution is -0.384. The fourth-order valence-corrected chi connectivity index (χ4v) is 10.4. The number of anilines is 1. The number of aromatic hydroxyl groups is 1. The first-order valence-electron chi connectivity index (χ1n) is 22.3. The zero-order chi connectivity index (χ0) is 46.0. The molecule has 66 heavy (non-hydrogen) atoms. The van der Waals surface area contributed by atoms with Gasteiger partial charge in [0, 0.05) is 37.2 Å². The highest BCUT2D eigenvalue weighted by molar-refractivity contribution is 6.23. The van der Waals surface area contributed by atoms with Crippen LogP contribution >= 0.6 is 0 Å². The van der Waals surface area contributed by atoms with E-state index in [1.54, 1.807) is 35.2 Å². The van der Waals surface area contributed by atoms with E-state index in [4.69, 9.17) is 9.47 Å². The summed E-state index contributed by atoms with van der Waals surface area (Å²) in [5, 5.41) is 31.7. The van der Waals surface area contributed by atoms with Crippen molar-refractivity contribution in [1.29, 1.82) is 0 Å². The Morgan fingerprint density at radius 3 is 2.11 bits per heavy atom. The Hall–Kier alpha value is -7.34. The summed E-state index contributed by atoms with van der Waals surface area (Å²) in [6.45, 7) is 0.244. The lowest BCUT2D eigenvalue weighted by Gasteiger charge is -2.46. The lowest BCUT2D eigenvalue weighted by Crippen LogP contribution is -2.56. The van der Waals surface area contributed by atoms with E-state index >= 15 is 14.4 Å². The molecule has 3 fully saturated rings. The number of phenolic OH excluding ortho intramolecular Hbond substituents is 1. The van der Waals surface area contributed by atoms with Gasteiger partial charge in [0.1, 0.15) is 29.9 Å². The van der Waals surface area contributed by atoms with Gasteiger partial charge < -0.3 is 24.6 Å². The normalized spacial score (nSPS) is 23.7. The molecule has 1 spiro atoms. The molecule has 336 valence electrons. The fourth-order valence-electron chi connectivity index (χ4n) is 10.4. The van der Waals surface area contributed by atoms with Crippen LogP contribution in [0.2, 0.25) is 0 Å². The quantitative estimate of drug-likeness (QED) is 0.0671. The predicted molar refractivity (Wildman–Crippen MR) is 242 cm³/mol. The molecule has 6 unspecified atom stereocenters. The van der Waals surface area contributed by atoms with E-state index in [1.165, 1.54) is 36.4 Å². The Bertz CT molecular complexity index is 2700.